The molecule has 0 saturated heterocycles. The van der Waals surface area contributed by atoms with Gasteiger partial charge in [-0.15, -0.1) is 0 Å². The second kappa shape index (κ2) is 8.62. The van der Waals surface area contributed by atoms with Crippen molar-refractivity contribution >= 4 is 67.6 Å². The SMILES string of the molecule is CI.Clc1ccc2cc[nH]c2c1.Cn1ccc2ccc(Cl)cc21. The van der Waals surface area contributed by atoms with E-state index in [1.54, 1.807) is 0 Å². The Labute approximate surface area is 159 Å². The molecule has 0 fully saturated rings. The third-order valence-corrected chi connectivity index (χ3v) is 3.84. The molecule has 0 aliphatic rings. The molecule has 2 aromatic heterocycles. The van der Waals surface area contributed by atoms with E-state index in [1.165, 1.54) is 16.3 Å². The van der Waals surface area contributed by atoms with Crippen molar-refractivity contribution < 1.29 is 0 Å². The molecule has 0 aliphatic heterocycles. The first-order chi connectivity index (χ1) is 11.1. The Bertz CT molecular complexity index is 896. The fraction of sp³-hybridized carbons (Fsp3) is 0.111. The topological polar surface area (TPSA) is 20.7 Å². The zero-order valence-corrected chi connectivity index (χ0v) is 16.5. The summed E-state index contributed by atoms with van der Waals surface area (Å²) in [5.41, 5.74) is 2.27. The Balaban J connectivity index is 0.000000152. The zero-order valence-electron chi connectivity index (χ0n) is 12.9. The molecule has 1 N–H and O–H groups in total. The molecule has 0 unspecified atom stereocenters. The Morgan fingerprint density at radius 2 is 1.52 bits per heavy atom. The van der Waals surface area contributed by atoms with Crippen molar-refractivity contribution in [1.29, 1.82) is 0 Å². The third-order valence-electron chi connectivity index (χ3n) is 3.37. The van der Waals surface area contributed by atoms with E-state index in [-0.39, 0.29) is 0 Å². The lowest BCUT2D eigenvalue weighted by molar-refractivity contribution is 0.969. The molecule has 0 bridgehead atoms. The molecule has 4 aromatic rings. The van der Waals surface area contributed by atoms with Crippen LogP contribution in [-0.4, -0.2) is 14.5 Å². The number of aromatic amines is 1. The van der Waals surface area contributed by atoms with Gasteiger partial charge in [-0.3, -0.25) is 0 Å². The van der Waals surface area contributed by atoms with Crippen molar-refractivity contribution in [2.24, 2.45) is 7.05 Å². The molecule has 5 heteroatoms. The summed E-state index contributed by atoms with van der Waals surface area (Å²) in [5.74, 6) is 0. The molecule has 0 saturated carbocycles. The van der Waals surface area contributed by atoms with E-state index in [9.17, 15) is 0 Å². The maximum atomic E-state index is 5.83. The van der Waals surface area contributed by atoms with Gasteiger partial charge in [0.05, 0.1) is 0 Å². The molecule has 0 amide bonds. The van der Waals surface area contributed by atoms with E-state index in [0.717, 1.165) is 15.6 Å². The largest absolute Gasteiger partial charge is 0.361 e. The minimum atomic E-state index is 0.773. The maximum absolute atomic E-state index is 5.83. The summed E-state index contributed by atoms with van der Waals surface area (Å²) in [6.07, 6.45) is 3.93. The van der Waals surface area contributed by atoms with Gasteiger partial charge in [-0.05, 0) is 52.1 Å². The number of rotatable bonds is 0. The van der Waals surface area contributed by atoms with Crippen LogP contribution in [0.2, 0.25) is 10.0 Å². The highest BCUT2D eigenvalue weighted by Crippen LogP contribution is 2.19. The normalized spacial score (nSPS) is 9.96. The quantitative estimate of drug-likeness (QED) is 0.223. The van der Waals surface area contributed by atoms with Crippen molar-refractivity contribution in [3.05, 3.63) is 71.0 Å². The molecular weight excluding hydrogens is 442 g/mol. The molecule has 23 heavy (non-hydrogen) atoms. The summed E-state index contributed by atoms with van der Waals surface area (Å²) in [6.45, 7) is 0. The first-order valence-corrected chi connectivity index (χ1v) is 9.86. The lowest BCUT2D eigenvalue weighted by Crippen LogP contribution is -1.82. The first kappa shape index (κ1) is 18.2. The van der Waals surface area contributed by atoms with Crippen LogP contribution in [0.1, 0.15) is 0 Å². The number of hydrogen-bond acceptors (Lipinski definition) is 0. The summed E-state index contributed by atoms with van der Waals surface area (Å²) in [6, 6.07) is 15.8. The smallest absolute Gasteiger partial charge is 0.0492 e. The standard InChI is InChI=1S/C9H8ClN.C8H6ClN.CH3I/c1-11-5-4-7-2-3-8(10)6-9(7)11;9-7-2-1-6-3-4-10-8(6)5-7;1-2/h2-6H,1H3;1-5,10H;1H3. The number of aromatic nitrogens is 2. The molecule has 4 rings (SSSR count). The van der Waals surface area contributed by atoms with Gasteiger partial charge in [0.2, 0.25) is 0 Å². The Hall–Kier alpha value is -1.17. The molecule has 0 spiro atoms. The second-order valence-corrected chi connectivity index (χ2v) is 5.71. The Morgan fingerprint density at radius 1 is 0.870 bits per heavy atom. The Kier molecular flexibility index (Phi) is 6.81. The molecular formula is C18H17Cl2IN2. The van der Waals surface area contributed by atoms with Crippen LogP contribution in [0.3, 0.4) is 0 Å². The number of alkyl halides is 1. The number of nitrogens with zero attached hydrogens (tertiary/aromatic N) is 1. The predicted octanol–water partition coefficient (Wildman–Crippen LogP) is 6.70. The molecule has 0 radical (unpaired) electrons. The van der Waals surface area contributed by atoms with Crippen LogP contribution in [0.5, 0.6) is 0 Å². The molecule has 2 heterocycles. The summed E-state index contributed by atoms with van der Waals surface area (Å²) in [4.78, 5) is 5.05. The lowest BCUT2D eigenvalue weighted by atomic mass is 10.2. The second-order valence-electron chi connectivity index (χ2n) is 4.84. The van der Waals surface area contributed by atoms with Crippen LogP contribution in [0, 0.1) is 0 Å². The van der Waals surface area contributed by atoms with Gasteiger partial charge in [0.25, 0.3) is 0 Å². The number of aryl methyl sites for hydroxylation is 1. The van der Waals surface area contributed by atoms with E-state index in [1.807, 2.05) is 66.8 Å². The van der Waals surface area contributed by atoms with Crippen LogP contribution in [-0.2, 0) is 7.05 Å². The summed E-state index contributed by atoms with van der Waals surface area (Å²) in [5, 5.41) is 4.00. The first-order valence-electron chi connectivity index (χ1n) is 6.94. The van der Waals surface area contributed by atoms with Crippen LogP contribution in [0.15, 0.2) is 60.9 Å². The van der Waals surface area contributed by atoms with Gasteiger partial charge in [0.1, 0.15) is 0 Å². The van der Waals surface area contributed by atoms with E-state index >= 15 is 0 Å². The van der Waals surface area contributed by atoms with Crippen LogP contribution >= 0.6 is 45.8 Å². The van der Waals surface area contributed by atoms with Crippen molar-refractivity contribution in [2.75, 3.05) is 4.93 Å². The van der Waals surface area contributed by atoms with Crippen molar-refractivity contribution in [3.8, 4) is 0 Å². The number of benzene rings is 2. The van der Waals surface area contributed by atoms with Crippen molar-refractivity contribution in [1.82, 2.24) is 9.55 Å². The zero-order chi connectivity index (χ0) is 16.8. The van der Waals surface area contributed by atoms with Gasteiger partial charge < -0.3 is 9.55 Å². The third kappa shape index (κ3) is 4.66. The van der Waals surface area contributed by atoms with E-state index in [0.29, 0.717) is 0 Å². The van der Waals surface area contributed by atoms with Crippen LogP contribution < -0.4 is 0 Å². The highest BCUT2D eigenvalue weighted by atomic mass is 127. The number of H-pyrrole nitrogens is 1. The Morgan fingerprint density at radius 3 is 2.26 bits per heavy atom. The molecule has 120 valence electrons. The summed E-state index contributed by atoms with van der Waals surface area (Å²) < 4.78 is 2.06. The number of nitrogens with one attached hydrogen (secondary N) is 1. The van der Waals surface area contributed by atoms with Gasteiger partial charge in [-0.1, -0.05) is 57.9 Å². The summed E-state index contributed by atoms with van der Waals surface area (Å²) in [7, 11) is 2.01. The average Bonchev–Trinajstić information content (AvgIpc) is 3.17. The summed E-state index contributed by atoms with van der Waals surface area (Å²) >= 11 is 13.7. The number of hydrogen-bond donors (Lipinski definition) is 1. The maximum Gasteiger partial charge on any atom is 0.0492 e. The minimum absolute atomic E-state index is 0.773. The molecule has 0 aliphatic carbocycles. The number of fused-ring (bicyclic) bond motifs is 2. The van der Waals surface area contributed by atoms with Gasteiger partial charge in [0.15, 0.2) is 0 Å². The predicted molar refractivity (Wildman–Crippen MR) is 111 cm³/mol. The van der Waals surface area contributed by atoms with Crippen LogP contribution in [0.4, 0.5) is 0 Å². The van der Waals surface area contributed by atoms with Gasteiger partial charge in [0, 0.05) is 40.5 Å². The molecule has 2 nitrogen and oxygen atoms in total. The van der Waals surface area contributed by atoms with E-state index in [4.69, 9.17) is 23.2 Å². The fourth-order valence-corrected chi connectivity index (χ4v) is 2.59. The molecule has 2 aromatic carbocycles. The highest BCUT2D eigenvalue weighted by molar-refractivity contribution is 14.1. The van der Waals surface area contributed by atoms with E-state index < -0.39 is 0 Å². The van der Waals surface area contributed by atoms with E-state index in [2.05, 4.69) is 38.2 Å². The molecule has 0 atom stereocenters. The monoisotopic (exact) mass is 458 g/mol. The van der Waals surface area contributed by atoms with Gasteiger partial charge in [-0.25, -0.2) is 0 Å². The lowest BCUT2D eigenvalue weighted by Gasteiger charge is -1.95. The highest BCUT2D eigenvalue weighted by Gasteiger charge is 1.96. The number of halogens is 3. The van der Waals surface area contributed by atoms with Gasteiger partial charge in [-0.2, -0.15) is 0 Å². The minimum Gasteiger partial charge on any atom is -0.361 e. The van der Waals surface area contributed by atoms with Crippen LogP contribution in [0.25, 0.3) is 21.8 Å². The fourth-order valence-electron chi connectivity index (χ4n) is 2.26. The van der Waals surface area contributed by atoms with Crippen molar-refractivity contribution in [3.63, 3.8) is 0 Å². The average molecular weight is 459 g/mol. The van der Waals surface area contributed by atoms with Gasteiger partial charge >= 0.3 is 0 Å². The van der Waals surface area contributed by atoms with Crippen molar-refractivity contribution in [2.45, 2.75) is 0 Å².